The molecule has 0 spiro atoms. The van der Waals surface area contributed by atoms with Gasteiger partial charge in [-0.25, -0.2) is 0 Å². The van der Waals surface area contributed by atoms with E-state index in [-0.39, 0.29) is 11.9 Å². The van der Waals surface area contributed by atoms with Crippen LogP contribution in [0.25, 0.3) is 0 Å². The van der Waals surface area contributed by atoms with E-state index < -0.39 is 0 Å². The molecule has 1 aromatic carbocycles. The first-order valence-electron chi connectivity index (χ1n) is 6.21. The van der Waals surface area contributed by atoms with E-state index in [1.807, 2.05) is 52.0 Å². The average molecular weight is 247 g/mol. The molecule has 1 amide bonds. The maximum Gasteiger partial charge on any atom is 0.244 e. The first kappa shape index (κ1) is 14.3. The van der Waals surface area contributed by atoms with Crippen molar-refractivity contribution >= 4 is 5.91 Å². The van der Waals surface area contributed by atoms with E-state index in [9.17, 15) is 4.79 Å². The van der Waals surface area contributed by atoms with Gasteiger partial charge in [-0.15, -0.1) is 0 Å². The summed E-state index contributed by atoms with van der Waals surface area (Å²) in [5.41, 5.74) is 2.06. The van der Waals surface area contributed by atoms with Crippen LogP contribution in [0.3, 0.4) is 0 Å². The molecule has 1 atom stereocenters. The van der Waals surface area contributed by atoms with E-state index in [1.54, 1.807) is 6.08 Å². The Balaban J connectivity index is 2.64. The minimum Gasteiger partial charge on any atom is -0.494 e. The molecule has 0 aliphatic rings. The lowest BCUT2D eigenvalue weighted by Gasteiger charge is -2.13. The first-order chi connectivity index (χ1) is 8.52. The largest absolute Gasteiger partial charge is 0.494 e. The predicted octanol–water partition coefficient (Wildman–Crippen LogP) is 3.23. The number of rotatable bonds is 5. The quantitative estimate of drug-likeness (QED) is 0.811. The third-order valence-corrected chi connectivity index (χ3v) is 2.47. The van der Waals surface area contributed by atoms with Crippen LogP contribution in [0.4, 0.5) is 0 Å². The van der Waals surface area contributed by atoms with Gasteiger partial charge in [-0.1, -0.05) is 17.7 Å². The van der Waals surface area contributed by atoms with E-state index in [2.05, 4.69) is 5.32 Å². The number of hydrogen-bond donors (Lipinski definition) is 1. The number of allylic oxidation sites excluding steroid dienone is 1. The molecule has 0 aliphatic heterocycles. The molecule has 0 saturated carbocycles. The molecule has 0 saturated heterocycles. The van der Waals surface area contributed by atoms with Gasteiger partial charge in [0.1, 0.15) is 5.75 Å². The van der Waals surface area contributed by atoms with Gasteiger partial charge in [-0.2, -0.15) is 0 Å². The third kappa shape index (κ3) is 4.62. The fraction of sp³-hybridized carbons (Fsp3) is 0.400. The molecule has 1 unspecified atom stereocenters. The topological polar surface area (TPSA) is 38.3 Å². The highest BCUT2D eigenvalue weighted by atomic mass is 16.5. The second-order valence-corrected chi connectivity index (χ2v) is 4.45. The molecule has 0 bridgehead atoms. The summed E-state index contributed by atoms with van der Waals surface area (Å²) in [6.45, 7) is 8.39. The van der Waals surface area contributed by atoms with Crippen molar-refractivity contribution in [3.8, 4) is 5.75 Å². The van der Waals surface area contributed by atoms with Gasteiger partial charge in [0, 0.05) is 6.08 Å². The van der Waals surface area contributed by atoms with Crippen molar-refractivity contribution in [1.82, 2.24) is 5.32 Å². The van der Waals surface area contributed by atoms with Gasteiger partial charge in [0.15, 0.2) is 0 Å². The van der Waals surface area contributed by atoms with Crippen LogP contribution < -0.4 is 10.1 Å². The highest BCUT2D eigenvalue weighted by molar-refractivity contribution is 5.88. The van der Waals surface area contributed by atoms with Gasteiger partial charge in [-0.3, -0.25) is 4.79 Å². The number of carbonyl (C=O) groups excluding carboxylic acids is 1. The Morgan fingerprint density at radius 3 is 2.44 bits per heavy atom. The van der Waals surface area contributed by atoms with E-state index >= 15 is 0 Å². The molecule has 3 nitrogen and oxygen atoms in total. The number of nitrogens with one attached hydrogen (secondary N) is 1. The van der Waals surface area contributed by atoms with Gasteiger partial charge in [-0.05, 0) is 45.4 Å². The average Bonchev–Trinajstić information content (AvgIpc) is 2.29. The zero-order valence-electron chi connectivity index (χ0n) is 11.5. The fourth-order valence-electron chi connectivity index (χ4n) is 1.62. The number of ether oxygens (including phenoxy) is 1. The van der Waals surface area contributed by atoms with Crippen molar-refractivity contribution in [3.63, 3.8) is 0 Å². The Morgan fingerprint density at radius 1 is 1.33 bits per heavy atom. The highest BCUT2D eigenvalue weighted by Crippen LogP contribution is 2.17. The molecule has 98 valence electrons. The normalized spacial score (nSPS) is 11.6. The number of hydrogen-bond acceptors (Lipinski definition) is 2. The molecule has 0 radical (unpaired) electrons. The molecule has 18 heavy (non-hydrogen) atoms. The van der Waals surface area contributed by atoms with Gasteiger partial charge in [0.05, 0.1) is 12.6 Å². The zero-order chi connectivity index (χ0) is 13.5. The lowest BCUT2D eigenvalue weighted by molar-refractivity contribution is -0.117. The Labute approximate surface area is 109 Å². The molecule has 0 fully saturated rings. The minimum atomic E-state index is -0.0589. The summed E-state index contributed by atoms with van der Waals surface area (Å²) >= 11 is 0. The van der Waals surface area contributed by atoms with Crippen molar-refractivity contribution in [3.05, 3.63) is 41.5 Å². The minimum absolute atomic E-state index is 0.0104. The van der Waals surface area contributed by atoms with Crippen molar-refractivity contribution < 1.29 is 9.53 Å². The zero-order valence-corrected chi connectivity index (χ0v) is 11.5. The summed E-state index contributed by atoms with van der Waals surface area (Å²) in [6, 6.07) is 7.77. The maximum absolute atomic E-state index is 11.6. The van der Waals surface area contributed by atoms with Crippen molar-refractivity contribution in [2.24, 2.45) is 0 Å². The van der Waals surface area contributed by atoms with Gasteiger partial charge in [0.25, 0.3) is 0 Å². The Hall–Kier alpha value is -1.77. The van der Waals surface area contributed by atoms with Crippen LogP contribution in [0.15, 0.2) is 35.9 Å². The standard InChI is InChI=1S/C15H21NO2/c1-5-18-14-8-6-13(7-9-14)12(4)16-15(17)10-11(2)3/h6-10,12H,5H2,1-4H3,(H,16,17). The lowest BCUT2D eigenvalue weighted by atomic mass is 10.1. The molecule has 0 heterocycles. The van der Waals surface area contributed by atoms with Crippen molar-refractivity contribution in [1.29, 1.82) is 0 Å². The summed E-state index contributed by atoms with van der Waals surface area (Å²) in [6.07, 6.45) is 1.60. The van der Waals surface area contributed by atoms with Crippen LogP contribution in [0.1, 0.15) is 39.3 Å². The van der Waals surface area contributed by atoms with Gasteiger partial charge in [0.2, 0.25) is 5.91 Å². The highest BCUT2D eigenvalue weighted by Gasteiger charge is 2.07. The second-order valence-electron chi connectivity index (χ2n) is 4.45. The Morgan fingerprint density at radius 2 is 1.94 bits per heavy atom. The Kier molecular flexibility index (Phi) is 5.43. The SMILES string of the molecule is CCOc1ccc(C(C)NC(=O)C=C(C)C)cc1. The first-order valence-corrected chi connectivity index (χ1v) is 6.21. The lowest BCUT2D eigenvalue weighted by Crippen LogP contribution is -2.24. The van der Waals surface area contributed by atoms with Crippen molar-refractivity contribution in [2.45, 2.75) is 33.7 Å². The van der Waals surface area contributed by atoms with Crippen LogP contribution in [0.5, 0.6) is 5.75 Å². The molecule has 3 heteroatoms. The molecule has 0 aromatic heterocycles. The summed E-state index contributed by atoms with van der Waals surface area (Å²) in [4.78, 5) is 11.6. The van der Waals surface area contributed by atoms with Gasteiger partial charge < -0.3 is 10.1 Å². The molecule has 0 aliphatic carbocycles. The second kappa shape index (κ2) is 6.84. The maximum atomic E-state index is 11.6. The van der Waals surface area contributed by atoms with E-state index in [4.69, 9.17) is 4.74 Å². The van der Waals surface area contributed by atoms with Crippen LogP contribution >= 0.6 is 0 Å². The molecule has 1 N–H and O–H groups in total. The summed E-state index contributed by atoms with van der Waals surface area (Å²) in [5.74, 6) is 0.792. The monoisotopic (exact) mass is 247 g/mol. The summed E-state index contributed by atoms with van der Waals surface area (Å²) < 4.78 is 5.38. The van der Waals surface area contributed by atoms with Crippen LogP contribution in [-0.2, 0) is 4.79 Å². The molecule has 1 aromatic rings. The van der Waals surface area contributed by atoms with E-state index in [0.29, 0.717) is 6.61 Å². The predicted molar refractivity (Wildman–Crippen MR) is 73.6 cm³/mol. The van der Waals surface area contributed by atoms with Crippen molar-refractivity contribution in [2.75, 3.05) is 6.61 Å². The molecular formula is C15H21NO2. The van der Waals surface area contributed by atoms with Crippen LogP contribution in [0.2, 0.25) is 0 Å². The number of carbonyl (C=O) groups is 1. The molecule has 1 rings (SSSR count). The third-order valence-electron chi connectivity index (χ3n) is 2.47. The van der Waals surface area contributed by atoms with Crippen LogP contribution in [-0.4, -0.2) is 12.5 Å². The smallest absolute Gasteiger partial charge is 0.244 e. The summed E-state index contributed by atoms with van der Waals surface area (Å²) in [5, 5.41) is 2.92. The summed E-state index contributed by atoms with van der Waals surface area (Å²) in [7, 11) is 0. The van der Waals surface area contributed by atoms with E-state index in [0.717, 1.165) is 16.9 Å². The Bertz CT molecular complexity index is 417. The van der Waals surface area contributed by atoms with Gasteiger partial charge >= 0.3 is 0 Å². The van der Waals surface area contributed by atoms with Crippen LogP contribution in [0, 0.1) is 0 Å². The molecular weight excluding hydrogens is 226 g/mol. The number of amides is 1. The fourth-order valence-corrected chi connectivity index (χ4v) is 1.62. The van der Waals surface area contributed by atoms with E-state index in [1.165, 1.54) is 0 Å². The number of benzene rings is 1.